The molecule has 0 saturated carbocycles. The fourth-order valence-electron chi connectivity index (χ4n) is 2.84. The normalized spacial score (nSPS) is 16.5. The maximum atomic E-state index is 12.6. The van der Waals surface area contributed by atoms with Gasteiger partial charge in [0.1, 0.15) is 11.5 Å². The largest absolute Gasteiger partial charge is 0.478 e. The fraction of sp³-hybridized carbons (Fsp3) is 0.0455. The molecule has 0 bridgehead atoms. The van der Waals surface area contributed by atoms with Crippen molar-refractivity contribution in [2.24, 2.45) is 4.99 Å². The molecule has 6 nitrogen and oxygen atoms in total. The predicted molar refractivity (Wildman–Crippen MR) is 123 cm³/mol. The third-order valence-electron chi connectivity index (χ3n) is 4.46. The summed E-state index contributed by atoms with van der Waals surface area (Å²) in [5.74, 6) is -0.202. The number of hydrogen-bond donors (Lipinski definition) is 1. The summed E-state index contributed by atoms with van der Waals surface area (Å²) in [5, 5.41) is 10.3. The number of furan rings is 1. The number of amidine groups is 1. The van der Waals surface area contributed by atoms with Crippen LogP contribution in [0.2, 0.25) is 10.0 Å². The zero-order chi connectivity index (χ0) is 22.1. The summed E-state index contributed by atoms with van der Waals surface area (Å²) in [7, 11) is 1.62. The molecule has 3 aromatic rings. The molecule has 1 amide bonds. The van der Waals surface area contributed by atoms with Gasteiger partial charge in [0, 0.05) is 18.7 Å². The van der Waals surface area contributed by atoms with E-state index in [-0.39, 0.29) is 11.5 Å². The van der Waals surface area contributed by atoms with E-state index < -0.39 is 5.97 Å². The van der Waals surface area contributed by atoms with E-state index in [2.05, 4.69) is 4.99 Å². The molecule has 1 fully saturated rings. The molecular formula is C22H14Cl2N2O4S. The summed E-state index contributed by atoms with van der Waals surface area (Å²) < 4.78 is 5.84. The summed E-state index contributed by atoms with van der Waals surface area (Å²) >= 11 is 13.5. The number of halogens is 2. The topological polar surface area (TPSA) is 83.1 Å². The third-order valence-corrected chi connectivity index (χ3v) is 6.34. The van der Waals surface area contributed by atoms with Crippen molar-refractivity contribution in [2.45, 2.75) is 0 Å². The van der Waals surface area contributed by atoms with Gasteiger partial charge in [-0.05, 0) is 60.3 Å². The van der Waals surface area contributed by atoms with E-state index in [1.807, 2.05) is 0 Å². The van der Waals surface area contributed by atoms with Crippen LogP contribution in [0, 0.1) is 0 Å². The Morgan fingerprint density at radius 2 is 1.87 bits per heavy atom. The fourth-order valence-corrected chi connectivity index (χ4v) is 4.20. The van der Waals surface area contributed by atoms with Crippen LogP contribution in [0.4, 0.5) is 5.69 Å². The van der Waals surface area contributed by atoms with E-state index in [0.29, 0.717) is 42.9 Å². The van der Waals surface area contributed by atoms with Crippen LogP contribution in [0.1, 0.15) is 16.1 Å². The number of hydrogen-bond acceptors (Lipinski definition) is 5. The van der Waals surface area contributed by atoms with Crippen LogP contribution < -0.4 is 0 Å². The van der Waals surface area contributed by atoms with Crippen molar-refractivity contribution in [3.05, 3.63) is 80.9 Å². The smallest absolute Gasteiger partial charge is 0.335 e. The van der Waals surface area contributed by atoms with Gasteiger partial charge in [-0.3, -0.25) is 9.69 Å². The van der Waals surface area contributed by atoms with Gasteiger partial charge in [0.05, 0.1) is 26.2 Å². The molecule has 156 valence electrons. The van der Waals surface area contributed by atoms with Crippen LogP contribution in [0.25, 0.3) is 17.4 Å². The van der Waals surface area contributed by atoms with Crippen molar-refractivity contribution in [3.63, 3.8) is 0 Å². The Morgan fingerprint density at radius 3 is 2.58 bits per heavy atom. The summed E-state index contributed by atoms with van der Waals surface area (Å²) in [6, 6.07) is 14.9. The molecule has 1 aliphatic heterocycles. The van der Waals surface area contributed by atoms with Gasteiger partial charge >= 0.3 is 5.97 Å². The maximum Gasteiger partial charge on any atom is 0.335 e. The Morgan fingerprint density at radius 1 is 1.13 bits per heavy atom. The number of carbonyl (C=O) groups is 2. The highest BCUT2D eigenvalue weighted by Gasteiger charge is 2.30. The quantitative estimate of drug-likeness (QED) is 0.457. The van der Waals surface area contributed by atoms with E-state index in [1.165, 1.54) is 28.8 Å². The highest BCUT2D eigenvalue weighted by molar-refractivity contribution is 8.18. The molecule has 0 radical (unpaired) electrons. The van der Waals surface area contributed by atoms with Gasteiger partial charge in [0.15, 0.2) is 5.17 Å². The molecule has 0 spiro atoms. The van der Waals surface area contributed by atoms with Crippen LogP contribution >= 0.6 is 35.0 Å². The Hall–Kier alpha value is -3.00. The van der Waals surface area contributed by atoms with Crippen LogP contribution in [-0.2, 0) is 4.79 Å². The highest BCUT2D eigenvalue weighted by Crippen LogP contribution is 2.36. The lowest BCUT2D eigenvalue weighted by Crippen LogP contribution is -2.23. The molecule has 1 N–H and O–H groups in total. The number of thioether (sulfide) groups is 1. The minimum Gasteiger partial charge on any atom is -0.478 e. The van der Waals surface area contributed by atoms with E-state index >= 15 is 0 Å². The van der Waals surface area contributed by atoms with E-state index in [4.69, 9.17) is 32.7 Å². The summed E-state index contributed by atoms with van der Waals surface area (Å²) in [6.45, 7) is 0. The lowest BCUT2D eigenvalue weighted by Gasteiger charge is -2.07. The SMILES string of the molecule is CN1C(=O)C(=Cc2ccc(-c3cccc(Cl)c3Cl)o2)SC1=Nc1ccc(C(=O)O)cc1. The number of likely N-dealkylation sites (N-methyl/N-ethyl adjacent to an activating group) is 1. The first-order valence-corrected chi connectivity index (χ1v) is 10.5. The highest BCUT2D eigenvalue weighted by atomic mass is 35.5. The standard InChI is InChI=1S/C22H14Cl2N2O4S/c1-26-20(27)18(31-22(26)25-13-7-5-12(6-8-13)21(28)29)11-14-9-10-17(30-14)15-3-2-4-16(23)19(15)24/h2-11H,1H3,(H,28,29). The molecule has 2 heterocycles. The van der Waals surface area contributed by atoms with Crippen LogP contribution in [-0.4, -0.2) is 34.1 Å². The number of carbonyl (C=O) groups excluding carboxylic acids is 1. The van der Waals surface area contributed by atoms with Crippen molar-refractivity contribution >= 4 is 63.8 Å². The molecule has 9 heteroatoms. The number of carboxylic acids is 1. The monoisotopic (exact) mass is 472 g/mol. The van der Waals surface area contributed by atoms with Gasteiger partial charge in [-0.1, -0.05) is 29.3 Å². The molecule has 1 aromatic heterocycles. The first kappa shape index (κ1) is 21.2. The molecule has 4 rings (SSSR count). The predicted octanol–water partition coefficient (Wildman–Crippen LogP) is 6.19. The zero-order valence-corrected chi connectivity index (χ0v) is 18.3. The molecule has 1 saturated heterocycles. The lowest BCUT2D eigenvalue weighted by atomic mass is 10.2. The lowest BCUT2D eigenvalue weighted by molar-refractivity contribution is -0.121. The number of aromatic carboxylic acids is 1. The number of carboxylic acid groups (broad SMARTS) is 1. The van der Waals surface area contributed by atoms with Crippen LogP contribution in [0.15, 0.2) is 68.9 Å². The van der Waals surface area contributed by atoms with Gasteiger partial charge < -0.3 is 9.52 Å². The third kappa shape index (κ3) is 4.39. The van der Waals surface area contributed by atoms with Gasteiger partial charge in [-0.25, -0.2) is 9.79 Å². The second-order valence-corrected chi connectivity index (χ2v) is 8.32. The average Bonchev–Trinajstić information content (AvgIpc) is 3.31. The Bertz CT molecular complexity index is 1250. The molecule has 2 aromatic carbocycles. The summed E-state index contributed by atoms with van der Waals surface area (Å²) in [6.07, 6.45) is 1.64. The number of rotatable bonds is 4. The number of aliphatic imine (C=N–C) groups is 1. The molecule has 0 atom stereocenters. The molecule has 31 heavy (non-hydrogen) atoms. The van der Waals surface area contributed by atoms with Crippen LogP contribution in [0.5, 0.6) is 0 Å². The van der Waals surface area contributed by atoms with E-state index in [9.17, 15) is 9.59 Å². The zero-order valence-electron chi connectivity index (χ0n) is 16.0. The maximum absolute atomic E-state index is 12.6. The van der Waals surface area contributed by atoms with Crippen LogP contribution in [0.3, 0.4) is 0 Å². The average molecular weight is 473 g/mol. The Labute approximate surface area is 191 Å². The minimum absolute atomic E-state index is 0.168. The Balaban J connectivity index is 1.58. The van der Waals surface area contributed by atoms with Crippen molar-refractivity contribution in [3.8, 4) is 11.3 Å². The first-order valence-electron chi connectivity index (χ1n) is 8.97. The van der Waals surface area contributed by atoms with Gasteiger partial charge in [-0.2, -0.15) is 0 Å². The number of amides is 1. The van der Waals surface area contributed by atoms with Gasteiger partial charge in [0.25, 0.3) is 5.91 Å². The minimum atomic E-state index is -1.01. The molecular weight excluding hydrogens is 459 g/mol. The number of benzene rings is 2. The molecule has 0 aliphatic carbocycles. The van der Waals surface area contributed by atoms with Crippen molar-refractivity contribution < 1.29 is 19.1 Å². The van der Waals surface area contributed by atoms with E-state index in [1.54, 1.807) is 55.6 Å². The van der Waals surface area contributed by atoms with E-state index in [0.717, 1.165) is 0 Å². The summed E-state index contributed by atoms with van der Waals surface area (Å²) in [5.41, 5.74) is 1.37. The second-order valence-electron chi connectivity index (χ2n) is 6.52. The van der Waals surface area contributed by atoms with Crippen molar-refractivity contribution in [2.75, 3.05) is 7.05 Å². The molecule has 0 unspecified atom stereocenters. The van der Waals surface area contributed by atoms with Crippen molar-refractivity contribution in [1.82, 2.24) is 4.90 Å². The Kier molecular flexibility index (Phi) is 5.91. The van der Waals surface area contributed by atoms with Gasteiger partial charge in [-0.15, -0.1) is 0 Å². The first-order chi connectivity index (χ1) is 14.8. The summed E-state index contributed by atoms with van der Waals surface area (Å²) in [4.78, 5) is 29.9. The number of nitrogens with zero attached hydrogens (tertiary/aromatic N) is 2. The van der Waals surface area contributed by atoms with Gasteiger partial charge in [0.2, 0.25) is 0 Å². The molecule has 1 aliphatic rings. The second kappa shape index (κ2) is 8.63. The van der Waals surface area contributed by atoms with Crippen molar-refractivity contribution in [1.29, 1.82) is 0 Å².